The number of carbonyl (C=O) groups is 4. The van der Waals surface area contributed by atoms with Gasteiger partial charge in [0.2, 0.25) is 11.8 Å². The van der Waals surface area contributed by atoms with Crippen molar-refractivity contribution in [2.24, 2.45) is 11.7 Å². The highest BCUT2D eigenvalue weighted by atomic mass is 32.2. The number of nitrogens with one attached hydrogen (secondary N) is 5. The fourth-order valence-corrected chi connectivity index (χ4v) is 4.22. The molecule has 0 aliphatic carbocycles. The Bertz CT molecular complexity index is 1100. The molecule has 0 saturated carbocycles. The first-order valence-corrected chi connectivity index (χ1v) is 15.0. The zero-order valence-electron chi connectivity index (χ0n) is 23.9. The lowest BCUT2D eigenvalue weighted by Gasteiger charge is -2.26. The molecule has 0 unspecified atom stereocenters. The Labute approximate surface area is 246 Å². The summed E-state index contributed by atoms with van der Waals surface area (Å²) in [5.41, 5.74) is 7.99. The number of ether oxygens (including phenoxy) is 1. The van der Waals surface area contributed by atoms with Gasteiger partial charge in [0.05, 0.1) is 0 Å². The van der Waals surface area contributed by atoms with E-state index in [1.807, 2.05) is 62.6 Å². The number of benzene rings is 2. The second-order valence-corrected chi connectivity index (χ2v) is 10.5. The van der Waals surface area contributed by atoms with Crippen LogP contribution in [-0.4, -0.2) is 61.1 Å². The van der Waals surface area contributed by atoms with Crippen LogP contribution in [0.5, 0.6) is 0 Å². The number of thioether (sulfide) groups is 1. The van der Waals surface area contributed by atoms with Crippen LogP contribution >= 0.6 is 11.8 Å². The summed E-state index contributed by atoms with van der Waals surface area (Å²) in [5.74, 6) is -0.356. The number of rotatable bonds is 16. The van der Waals surface area contributed by atoms with Crippen molar-refractivity contribution in [2.45, 2.75) is 51.9 Å². The summed E-state index contributed by atoms with van der Waals surface area (Å²) < 4.78 is 5.16. The molecule has 224 valence electrons. The summed E-state index contributed by atoms with van der Waals surface area (Å²) in [6.07, 6.45) is 2.35. The van der Waals surface area contributed by atoms with Crippen LogP contribution in [0.25, 0.3) is 0 Å². The molecule has 0 fully saturated rings. The fourth-order valence-electron chi connectivity index (χ4n) is 3.74. The van der Waals surface area contributed by atoms with Crippen molar-refractivity contribution in [2.75, 3.05) is 30.4 Å². The third-order valence-corrected chi connectivity index (χ3v) is 7.02. The van der Waals surface area contributed by atoms with Crippen LogP contribution in [0.15, 0.2) is 54.6 Å². The average Bonchev–Trinajstić information content (AvgIpc) is 2.99. The number of amides is 5. The van der Waals surface area contributed by atoms with E-state index in [-0.39, 0.29) is 31.5 Å². The third-order valence-electron chi connectivity index (χ3n) is 6.38. The van der Waals surface area contributed by atoms with Gasteiger partial charge >= 0.3 is 12.1 Å². The minimum Gasteiger partial charge on any atom is -0.445 e. The molecule has 7 N–H and O–H groups in total. The van der Waals surface area contributed by atoms with Crippen LogP contribution in [0.1, 0.15) is 37.8 Å². The van der Waals surface area contributed by atoms with Gasteiger partial charge < -0.3 is 37.1 Å². The number of hydrogen-bond acceptors (Lipinski definition) is 7. The van der Waals surface area contributed by atoms with E-state index in [1.165, 1.54) is 0 Å². The van der Waals surface area contributed by atoms with Crippen LogP contribution in [0, 0.1) is 5.92 Å². The molecule has 0 bridgehead atoms. The number of urea groups is 1. The molecular formula is C29H42N6O5S. The van der Waals surface area contributed by atoms with Crippen molar-refractivity contribution in [1.29, 1.82) is 0 Å². The van der Waals surface area contributed by atoms with Crippen LogP contribution in [-0.2, 0) is 27.5 Å². The summed E-state index contributed by atoms with van der Waals surface area (Å²) in [4.78, 5) is 50.8. The monoisotopic (exact) mass is 586 g/mol. The smallest absolute Gasteiger partial charge is 0.407 e. The second-order valence-electron chi connectivity index (χ2n) is 9.48. The minimum absolute atomic E-state index is 0.144. The van der Waals surface area contributed by atoms with Gasteiger partial charge in [-0.1, -0.05) is 62.7 Å². The largest absolute Gasteiger partial charge is 0.445 e. The Morgan fingerprint density at radius 3 is 2.22 bits per heavy atom. The van der Waals surface area contributed by atoms with E-state index in [4.69, 9.17) is 10.5 Å². The van der Waals surface area contributed by atoms with Gasteiger partial charge in [0.15, 0.2) is 0 Å². The molecule has 0 aliphatic rings. The summed E-state index contributed by atoms with van der Waals surface area (Å²) in [6.45, 7) is 4.64. The molecule has 5 amide bonds. The molecule has 2 aromatic carbocycles. The van der Waals surface area contributed by atoms with Gasteiger partial charge in [-0.05, 0) is 47.6 Å². The van der Waals surface area contributed by atoms with Crippen molar-refractivity contribution < 1.29 is 23.9 Å². The van der Waals surface area contributed by atoms with Gasteiger partial charge in [-0.25, -0.2) is 9.59 Å². The molecule has 2 rings (SSSR count). The van der Waals surface area contributed by atoms with E-state index < -0.39 is 30.1 Å². The van der Waals surface area contributed by atoms with Crippen molar-refractivity contribution in [3.63, 3.8) is 0 Å². The Hall–Kier alpha value is -3.77. The summed E-state index contributed by atoms with van der Waals surface area (Å²) in [7, 11) is 0. The Kier molecular flexibility index (Phi) is 15.1. The first-order valence-electron chi connectivity index (χ1n) is 13.6. The Morgan fingerprint density at radius 1 is 0.902 bits per heavy atom. The van der Waals surface area contributed by atoms with Gasteiger partial charge in [-0.15, -0.1) is 0 Å². The van der Waals surface area contributed by atoms with E-state index in [0.29, 0.717) is 30.8 Å². The molecule has 0 aromatic heterocycles. The molecule has 11 nitrogen and oxygen atoms in total. The molecule has 12 heteroatoms. The maximum absolute atomic E-state index is 13.2. The first-order chi connectivity index (χ1) is 19.8. The van der Waals surface area contributed by atoms with E-state index in [2.05, 4.69) is 26.6 Å². The number of anilines is 1. The fraction of sp³-hybridized carbons (Fsp3) is 0.448. The van der Waals surface area contributed by atoms with Crippen LogP contribution in [0.4, 0.5) is 15.3 Å². The van der Waals surface area contributed by atoms with Gasteiger partial charge in [-0.3, -0.25) is 9.59 Å². The van der Waals surface area contributed by atoms with Crippen molar-refractivity contribution >= 4 is 41.4 Å². The van der Waals surface area contributed by atoms with Crippen molar-refractivity contribution in [3.05, 3.63) is 65.7 Å². The number of hydrogen-bond donors (Lipinski definition) is 6. The zero-order chi connectivity index (χ0) is 30.0. The van der Waals surface area contributed by atoms with E-state index in [0.717, 1.165) is 11.1 Å². The van der Waals surface area contributed by atoms with Gasteiger partial charge in [0, 0.05) is 25.3 Å². The first kappa shape index (κ1) is 33.4. The lowest BCUT2D eigenvalue weighted by molar-refractivity contribution is -0.131. The Morgan fingerprint density at radius 2 is 1.59 bits per heavy atom. The minimum atomic E-state index is -0.842. The lowest BCUT2D eigenvalue weighted by Crippen LogP contribution is -2.56. The summed E-state index contributed by atoms with van der Waals surface area (Å²) >= 11 is 1.55. The SMILES string of the molecule is CC[C@H](C)[C@H](NC(=O)[C@H](CCSC)NC(=O)Nc1ccc(CN)cc1)C(=O)NCCNC(=O)OCc1ccccc1. The molecule has 3 atom stereocenters. The summed E-state index contributed by atoms with van der Waals surface area (Å²) in [6, 6.07) is 14.2. The van der Waals surface area contributed by atoms with E-state index in [9.17, 15) is 19.2 Å². The molecule has 2 aromatic rings. The van der Waals surface area contributed by atoms with Crippen LogP contribution in [0.2, 0.25) is 0 Å². The predicted molar refractivity (Wildman–Crippen MR) is 162 cm³/mol. The molecule has 0 radical (unpaired) electrons. The molecule has 0 spiro atoms. The second kappa shape index (κ2) is 18.6. The number of nitrogens with two attached hydrogens (primary N) is 1. The highest BCUT2D eigenvalue weighted by Crippen LogP contribution is 2.11. The highest BCUT2D eigenvalue weighted by Gasteiger charge is 2.29. The highest BCUT2D eigenvalue weighted by molar-refractivity contribution is 7.98. The molecule has 0 aliphatic heterocycles. The molecule has 41 heavy (non-hydrogen) atoms. The molecule has 0 saturated heterocycles. The maximum Gasteiger partial charge on any atom is 0.407 e. The molecular weight excluding hydrogens is 544 g/mol. The van der Waals surface area contributed by atoms with Crippen LogP contribution in [0.3, 0.4) is 0 Å². The van der Waals surface area contributed by atoms with Gasteiger partial charge in [-0.2, -0.15) is 11.8 Å². The standard InChI is InChI=1S/C29H42N6O5S/c1-4-20(2)25(27(37)31-15-16-32-29(39)40-19-22-8-6-5-7-9-22)35-26(36)24(14-17-41-3)34-28(38)33-23-12-10-21(18-30)11-13-23/h5-13,20,24-25H,4,14-19,30H2,1-3H3,(H,31,37)(H,32,39)(H,35,36)(H2,33,34,38)/t20-,24-,25-/m0/s1. The van der Waals surface area contributed by atoms with Crippen molar-refractivity contribution in [3.8, 4) is 0 Å². The Balaban J connectivity index is 1.88. The molecule has 0 heterocycles. The lowest BCUT2D eigenvalue weighted by atomic mass is 9.97. The maximum atomic E-state index is 13.2. The predicted octanol–water partition coefficient (Wildman–Crippen LogP) is 2.96. The quantitative estimate of drug-likeness (QED) is 0.165. The third kappa shape index (κ3) is 12.5. The van der Waals surface area contributed by atoms with Gasteiger partial charge in [0.1, 0.15) is 18.7 Å². The number of alkyl carbamates (subject to hydrolysis) is 1. The summed E-state index contributed by atoms with van der Waals surface area (Å²) in [5, 5.41) is 13.6. The normalized spacial score (nSPS) is 12.8. The average molecular weight is 587 g/mol. The van der Waals surface area contributed by atoms with Crippen molar-refractivity contribution in [1.82, 2.24) is 21.3 Å². The zero-order valence-corrected chi connectivity index (χ0v) is 24.7. The number of carbonyl (C=O) groups excluding carboxylic acids is 4. The van der Waals surface area contributed by atoms with Gasteiger partial charge in [0.25, 0.3) is 0 Å². The topological polar surface area (TPSA) is 164 Å². The van der Waals surface area contributed by atoms with E-state index >= 15 is 0 Å². The van der Waals surface area contributed by atoms with Crippen LogP contribution < -0.4 is 32.3 Å². The van der Waals surface area contributed by atoms with E-state index in [1.54, 1.807) is 23.9 Å².